The van der Waals surface area contributed by atoms with Crippen LogP contribution in [0.3, 0.4) is 0 Å². The van der Waals surface area contributed by atoms with E-state index in [9.17, 15) is 13.6 Å². The second-order valence-corrected chi connectivity index (χ2v) is 5.97. The quantitative estimate of drug-likeness (QED) is 0.818. The molecule has 0 amide bonds. The van der Waals surface area contributed by atoms with E-state index in [1.54, 1.807) is 6.92 Å². The Balaban J connectivity index is 2.69. The van der Waals surface area contributed by atoms with Gasteiger partial charge in [0.1, 0.15) is 16.5 Å². The number of benzene rings is 1. The number of carbonyl (C=O) groups is 1. The van der Waals surface area contributed by atoms with E-state index in [0.717, 1.165) is 23.5 Å². The maximum atomic E-state index is 14.0. The maximum Gasteiger partial charge on any atom is 0.350 e. The second-order valence-electron chi connectivity index (χ2n) is 4.04. The first-order valence-corrected chi connectivity index (χ1v) is 7.09. The summed E-state index contributed by atoms with van der Waals surface area (Å²) in [5.74, 6) is -2.07. The number of esters is 1. The average Bonchev–Trinajstić information content (AvgIpc) is 2.65. The van der Waals surface area contributed by atoms with Crippen LogP contribution in [-0.4, -0.2) is 13.1 Å². The van der Waals surface area contributed by atoms with Gasteiger partial charge in [-0.1, -0.05) is 15.9 Å². The minimum atomic E-state index is -0.724. The number of carbonyl (C=O) groups excluding carboxylic acids is 1. The number of rotatable bonds is 2. The monoisotopic (exact) mass is 361 g/mol. The number of nitrogen functional groups attached to an aromatic ring is 1. The van der Waals surface area contributed by atoms with Crippen LogP contribution in [0.1, 0.15) is 15.2 Å². The SMILES string of the molecule is COC(=O)c1sc(-c2c(F)cc(Br)cc2F)c(C)c1N. The van der Waals surface area contributed by atoms with Crippen molar-refractivity contribution >= 4 is 38.9 Å². The van der Waals surface area contributed by atoms with Crippen LogP contribution in [-0.2, 0) is 4.74 Å². The lowest BCUT2D eigenvalue weighted by Gasteiger charge is -2.05. The number of anilines is 1. The number of ether oxygens (including phenoxy) is 1. The third-order valence-electron chi connectivity index (χ3n) is 2.80. The molecule has 2 rings (SSSR count). The van der Waals surface area contributed by atoms with Crippen LogP contribution in [0, 0.1) is 18.6 Å². The van der Waals surface area contributed by atoms with Crippen LogP contribution < -0.4 is 5.73 Å². The topological polar surface area (TPSA) is 52.3 Å². The molecule has 0 saturated heterocycles. The predicted molar refractivity (Wildman–Crippen MR) is 77.9 cm³/mol. The van der Waals surface area contributed by atoms with Gasteiger partial charge in [0.25, 0.3) is 0 Å². The molecule has 1 aromatic heterocycles. The van der Waals surface area contributed by atoms with Crippen LogP contribution in [0.2, 0.25) is 0 Å². The van der Waals surface area contributed by atoms with Crippen molar-refractivity contribution in [3.05, 3.63) is 38.7 Å². The summed E-state index contributed by atoms with van der Waals surface area (Å²) in [4.78, 5) is 12.0. The lowest BCUT2D eigenvalue weighted by Crippen LogP contribution is -2.01. The zero-order valence-corrected chi connectivity index (χ0v) is 13.0. The van der Waals surface area contributed by atoms with E-state index in [1.165, 1.54) is 7.11 Å². The molecule has 0 unspecified atom stereocenters. The molecule has 0 aliphatic heterocycles. The predicted octanol–water partition coefficient (Wildman–Crippen LogP) is 4.13. The van der Waals surface area contributed by atoms with E-state index < -0.39 is 17.6 Å². The Hall–Kier alpha value is -1.47. The fourth-order valence-corrected chi connectivity index (χ4v) is 3.36. The number of methoxy groups -OCH3 is 1. The molecule has 2 aromatic rings. The molecular formula is C13H10BrF2NO2S. The van der Waals surface area contributed by atoms with E-state index in [2.05, 4.69) is 20.7 Å². The first kappa shape index (κ1) is 14.9. The molecule has 1 aromatic carbocycles. The summed E-state index contributed by atoms with van der Waals surface area (Å²) in [6.45, 7) is 1.61. The van der Waals surface area contributed by atoms with Crippen LogP contribution in [0.15, 0.2) is 16.6 Å². The molecule has 0 saturated carbocycles. The number of hydrogen-bond donors (Lipinski definition) is 1. The number of thiophene rings is 1. The molecule has 0 atom stereocenters. The van der Waals surface area contributed by atoms with E-state index in [1.807, 2.05) is 0 Å². The molecular weight excluding hydrogens is 352 g/mol. The molecule has 0 radical (unpaired) electrons. The minimum Gasteiger partial charge on any atom is -0.465 e. The van der Waals surface area contributed by atoms with Crippen molar-refractivity contribution in [2.75, 3.05) is 12.8 Å². The Morgan fingerprint density at radius 2 is 1.90 bits per heavy atom. The van der Waals surface area contributed by atoms with Gasteiger partial charge in [0.15, 0.2) is 0 Å². The fraction of sp³-hybridized carbons (Fsp3) is 0.154. The minimum absolute atomic E-state index is 0.140. The standard InChI is InChI=1S/C13H10BrF2NO2S/c1-5-10(17)12(13(18)19-2)20-11(5)9-7(15)3-6(14)4-8(9)16/h3-4H,17H2,1-2H3. The van der Waals surface area contributed by atoms with Gasteiger partial charge >= 0.3 is 5.97 Å². The van der Waals surface area contributed by atoms with E-state index in [4.69, 9.17) is 5.73 Å². The van der Waals surface area contributed by atoms with Crippen molar-refractivity contribution in [1.82, 2.24) is 0 Å². The van der Waals surface area contributed by atoms with Crippen LogP contribution in [0.5, 0.6) is 0 Å². The van der Waals surface area contributed by atoms with Gasteiger partial charge in [-0.3, -0.25) is 0 Å². The molecule has 0 aliphatic rings. The molecule has 0 fully saturated rings. The van der Waals surface area contributed by atoms with E-state index >= 15 is 0 Å². The highest BCUT2D eigenvalue weighted by Crippen LogP contribution is 2.41. The van der Waals surface area contributed by atoms with Gasteiger partial charge in [-0.15, -0.1) is 11.3 Å². The summed E-state index contributed by atoms with van der Waals surface area (Å²) in [6, 6.07) is 2.32. The normalized spacial score (nSPS) is 10.7. The molecule has 3 nitrogen and oxygen atoms in total. The Morgan fingerprint density at radius 3 is 2.40 bits per heavy atom. The third-order valence-corrected chi connectivity index (χ3v) is 4.56. The summed E-state index contributed by atoms with van der Waals surface area (Å²) in [5, 5.41) is 0. The van der Waals surface area contributed by atoms with Gasteiger partial charge in [-0.2, -0.15) is 0 Å². The van der Waals surface area contributed by atoms with Crippen molar-refractivity contribution < 1.29 is 18.3 Å². The van der Waals surface area contributed by atoms with Gasteiger partial charge in [-0.05, 0) is 24.6 Å². The first-order valence-electron chi connectivity index (χ1n) is 5.49. The smallest absolute Gasteiger partial charge is 0.350 e. The van der Waals surface area contributed by atoms with Gasteiger partial charge in [-0.25, -0.2) is 13.6 Å². The summed E-state index contributed by atoms with van der Waals surface area (Å²) >= 11 is 3.93. The van der Waals surface area contributed by atoms with E-state index in [0.29, 0.717) is 10.0 Å². The highest BCUT2D eigenvalue weighted by molar-refractivity contribution is 9.10. The number of nitrogens with two attached hydrogens (primary N) is 1. The molecule has 7 heteroatoms. The Kier molecular flexibility index (Phi) is 4.10. The number of hydrogen-bond acceptors (Lipinski definition) is 4. The maximum absolute atomic E-state index is 14.0. The Labute approximate surface area is 126 Å². The zero-order valence-electron chi connectivity index (χ0n) is 10.6. The van der Waals surface area contributed by atoms with Crippen LogP contribution in [0.4, 0.5) is 14.5 Å². The lowest BCUT2D eigenvalue weighted by molar-refractivity contribution is 0.0607. The van der Waals surface area contributed by atoms with Crippen molar-refractivity contribution in [2.45, 2.75) is 6.92 Å². The Morgan fingerprint density at radius 1 is 1.35 bits per heavy atom. The van der Waals surface area contributed by atoms with Gasteiger partial charge in [0.2, 0.25) is 0 Å². The Bertz CT molecular complexity index is 677. The van der Waals surface area contributed by atoms with Crippen LogP contribution in [0.25, 0.3) is 10.4 Å². The van der Waals surface area contributed by atoms with Gasteiger partial charge in [0, 0.05) is 9.35 Å². The molecule has 0 aliphatic carbocycles. The van der Waals surface area contributed by atoms with Gasteiger partial charge < -0.3 is 10.5 Å². The molecule has 1 heterocycles. The summed E-state index contributed by atoms with van der Waals surface area (Å²) < 4.78 is 32.9. The van der Waals surface area contributed by atoms with Gasteiger partial charge in [0.05, 0.1) is 18.4 Å². The zero-order chi connectivity index (χ0) is 15.0. The fourth-order valence-electron chi connectivity index (χ4n) is 1.77. The molecule has 106 valence electrons. The first-order chi connectivity index (χ1) is 9.36. The highest BCUT2D eigenvalue weighted by Gasteiger charge is 2.24. The summed E-state index contributed by atoms with van der Waals surface area (Å²) in [5.41, 5.74) is 6.24. The lowest BCUT2D eigenvalue weighted by atomic mass is 10.1. The third kappa shape index (κ3) is 2.43. The molecule has 20 heavy (non-hydrogen) atoms. The summed E-state index contributed by atoms with van der Waals surface area (Å²) in [6.07, 6.45) is 0. The van der Waals surface area contributed by atoms with Crippen molar-refractivity contribution in [2.24, 2.45) is 0 Å². The molecule has 0 bridgehead atoms. The average molecular weight is 362 g/mol. The molecule has 2 N–H and O–H groups in total. The summed E-state index contributed by atoms with van der Waals surface area (Å²) in [7, 11) is 1.22. The largest absolute Gasteiger partial charge is 0.465 e. The highest BCUT2D eigenvalue weighted by atomic mass is 79.9. The number of halogens is 3. The molecule has 0 spiro atoms. The van der Waals surface area contributed by atoms with Crippen molar-refractivity contribution in [3.63, 3.8) is 0 Å². The van der Waals surface area contributed by atoms with Crippen molar-refractivity contribution in [3.8, 4) is 10.4 Å². The van der Waals surface area contributed by atoms with E-state index in [-0.39, 0.29) is 21.0 Å². The second kappa shape index (κ2) is 5.49. The van der Waals surface area contributed by atoms with Crippen molar-refractivity contribution in [1.29, 1.82) is 0 Å². The van der Waals surface area contributed by atoms with Crippen LogP contribution >= 0.6 is 27.3 Å².